The van der Waals surface area contributed by atoms with Crippen molar-refractivity contribution in [3.05, 3.63) is 58.4 Å². The van der Waals surface area contributed by atoms with Gasteiger partial charge in [0.1, 0.15) is 5.69 Å². The summed E-state index contributed by atoms with van der Waals surface area (Å²) in [4.78, 5) is 31.2. The molecule has 9 nitrogen and oxygen atoms in total. The maximum absolute atomic E-state index is 13.0. The fourth-order valence-electron chi connectivity index (χ4n) is 3.22. The van der Waals surface area contributed by atoms with E-state index in [1.807, 2.05) is 4.90 Å². The molecule has 1 aliphatic heterocycles. The molecule has 3 heterocycles. The number of aromatic nitrogens is 3. The van der Waals surface area contributed by atoms with E-state index in [1.165, 1.54) is 34.3 Å². The monoisotopic (exact) mass is 480 g/mol. The van der Waals surface area contributed by atoms with E-state index in [0.29, 0.717) is 37.1 Å². The number of anilines is 1. The summed E-state index contributed by atoms with van der Waals surface area (Å²) in [6.07, 6.45) is -3.28. The second-order valence-corrected chi connectivity index (χ2v) is 7.96. The van der Waals surface area contributed by atoms with E-state index in [9.17, 15) is 22.8 Å². The van der Waals surface area contributed by atoms with E-state index in [4.69, 9.17) is 4.74 Å². The number of hydrogen-bond donors (Lipinski definition) is 2. The molecule has 1 aliphatic rings. The molecule has 33 heavy (non-hydrogen) atoms. The van der Waals surface area contributed by atoms with Gasteiger partial charge in [-0.3, -0.25) is 20.4 Å². The fourth-order valence-corrected chi connectivity index (χ4v) is 4.08. The maximum atomic E-state index is 13.0. The van der Waals surface area contributed by atoms with E-state index < -0.39 is 23.6 Å². The van der Waals surface area contributed by atoms with Crippen molar-refractivity contribution < 1.29 is 27.5 Å². The second kappa shape index (κ2) is 9.19. The summed E-state index contributed by atoms with van der Waals surface area (Å²) < 4.78 is 45.5. The molecule has 0 atom stereocenters. The van der Waals surface area contributed by atoms with Crippen LogP contribution in [0.4, 0.5) is 18.3 Å². The van der Waals surface area contributed by atoms with Crippen LogP contribution >= 0.6 is 11.3 Å². The average molecular weight is 480 g/mol. The summed E-state index contributed by atoms with van der Waals surface area (Å²) in [7, 11) is 0. The van der Waals surface area contributed by atoms with Gasteiger partial charge in [0.2, 0.25) is 0 Å². The fraction of sp³-hybridized carbons (Fsp3) is 0.300. The Hall–Kier alpha value is -3.45. The predicted molar refractivity (Wildman–Crippen MR) is 113 cm³/mol. The van der Waals surface area contributed by atoms with Gasteiger partial charge < -0.3 is 9.64 Å². The number of rotatable bonds is 4. The summed E-state index contributed by atoms with van der Waals surface area (Å²) in [6, 6.07) is 4.61. The Kier molecular flexibility index (Phi) is 6.33. The number of halogens is 3. The van der Waals surface area contributed by atoms with Gasteiger partial charge >= 0.3 is 6.18 Å². The van der Waals surface area contributed by atoms with Crippen LogP contribution in [0.2, 0.25) is 0 Å². The van der Waals surface area contributed by atoms with E-state index in [0.717, 1.165) is 12.1 Å². The number of carbonyl (C=O) groups excluding carboxylic acids is 2. The number of benzene rings is 1. The van der Waals surface area contributed by atoms with Crippen LogP contribution in [0.15, 0.2) is 35.8 Å². The average Bonchev–Trinajstić information content (AvgIpc) is 3.45. The third kappa shape index (κ3) is 4.98. The van der Waals surface area contributed by atoms with Crippen molar-refractivity contribution in [2.24, 2.45) is 0 Å². The van der Waals surface area contributed by atoms with Gasteiger partial charge in [0.05, 0.1) is 41.9 Å². The van der Waals surface area contributed by atoms with Crippen molar-refractivity contribution >= 4 is 28.3 Å². The van der Waals surface area contributed by atoms with Gasteiger partial charge in [-0.05, 0) is 25.1 Å². The highest BCUT2D eigenvalue weighted by Gasteiger charge is 2.31. The minimum Gasteiger partial charge on any atom is -0.378 e. The van der Waals surface area contributed by atoms with Crippen LogP contribution in [-0.4, -0.2) is 52.9 Å². The lowest BCUT2D eigenvalue weighted by atomic mass is 10.2. The van der Waals surface area contributed by atoms with E-state index in [-0.39, 0.29) is 16.9 Å². The molecule has 2 aromatic heterocycles. The first-order valence-corrected chi connectivity index (χ1v) is 10.7. The number of ether oxygens (including phenoxy) is 1. The van der Waals surface area contributed by atoms with Crippen LogP contribution in [-0.2, 0) is 10.9 Å². The van der Waals surface area contributed by atoms with Crippen molar-refractivity contribution in [3.8, 4) is 5.69 Å². The van der Waals surface area contributed by atoms with Crippen molar-refractivity contribution in [2.75, 3.05) is 31.2 Å². The molecule has 13 heteroatoms. The molecule has 1 fully saturated rings. The number of alkyl halides is 3. The third-order valence-electron chi connectivity index (χ3n) is 4.97. The Labute approximate surface area is 190 Å². The van der Waals surface area contributed by atoms with Gasteiger partial charge in [-0.25, -0.2) is 9.67 Å². The number of hydrazine groups is 1. The summed E-state index contributed by atoms with van der Waals surface area (Å²) in [5, 5.41) is 6.29. The van der Waals surface area contributed by atoms with Gasteiger partial charge in [0.25, 0.3) is 11.8 Å². The van der Waals surface area contributed by atoms with Crippen molar-refractivity contribution in [3.63, 3.8) is 0 Å². The Morgan fingerprint density at radius 2 is 1.88 bits per heavy atom. The molecule has 0 aliphatic carbocycles. The third-order valence-corrected chi connectivity index (χ3v) is 5.87. The molecule has 0 bridgehead atoms. The first kappa shape index (κ1) is 22.7. The number of thiazole rings is 1. The smallest absolute Gasteiger partial charge is 0.378 e. The van der Waals surface area contributed by atoms with E-state index in [1.54, 1.807) is 12.3 Å². The molecule has 1 aromatic carbocycles. The zero-order valence-corrected chi connectivity index (χ0v) is 18.2. The maximum Gasteiger partial charge on any atom is 0.416 e. The first-order chi connectivity index (χ1) is 15.7. The predicted octanol–water partition coefficient (Wildman–Crippen LogP) is 2.57. The Morgan fingerprint density at radius 1 is 1.15 bits per heavy atom. The molecule has 174 valence electrons. The van der Waals surface area contributed by atoms with Crippen LogP contribution < -0.4 is 15.8 Å². The van der Waals surface area contributed by atoms with E-state index >= 15 is 0 Å². The van der Waals surface area contributed by atoms with Crippen molar-refractivity contribution in [1.82, 2.24) is 25.6 Å². The minimum atomic E-state index is -4.50. The summed E-state index contributed by atoms with van der Waals surface area (Å²) in [5.74, 6) is -1.26. The lowest BCUT2D eigenvalue weighted by Crippen LogP contribution is -2.42. The number of carbonyl (C=O) groups is 2. The van der Waals surface area contributed by atoms with Crippen molar-refractivity contribution in [1.29, 1.82) is 0 Å². The highest BCUT2D eigenvalue weighted by molar-refractivity contribution is 7.13. The van der Waals surface area contributed by atoms with Gasteiger partial charge in [-0.15, -0.1) is 11.3 Å². The summed E-state index contributed by atoms with van der Waals surface area (Å²) in [6.45, 7) is 4.08. The highest BCUT2D eigenvalue weighted by atomic mass is 32.1. The first-order valence-electron chi connectivity index (χ1n) is 9.85. The van der Waals surface area contributed by atoms with Gasteiger partial charge in [-0.2, -0.15) is 18.3 Å². The molecular weight excluding hydrogens is 461 g/mol. The molecular formula is C20H19F3N6O3S. The Morgan fingerprint density at radius 3 is 2.61 bits per heavy atom. The number of hydrogen-bond acceptors (Lipinski definition) is 7. The summed E-state index contributed by atoms with van der Waals surface area (Å²) >= 11 is 1.31. The molecule has 2 amide bonds. The van der Waals surface area contributed by atoms with Crippen LogP contribution in [0.25, 0.3) is 5.69 Å². The second-order valence-electron chi connectivity index (χ2n) is 7.13. The molecule has 3 aromatic rings. The van der Waals surface area contributed by atoms with Crippen LogP contribution in [0.3, 0.4) is 0 Å². The molecule has 1 saturated heterocycles. The van der Waals surface area contributed by atoms with Crippen LogP contribution in [0.5, 0.6) is 0 Å². The molecule has 2 N–H and O–H groups in total. The van der Waals surface area contributed by atoms with Gasteiger partial charge in [0, 0.05) is 18.5 Å². The number of nitrogens with zero attached hydrogens (tertiary/aromatic N) is 4. The molecule has 0 unspecified atom stereocenters. The highest BCUT2D eigenvalue weighted by Crippen LogP contribution is 2.30. The van der Waals surface area contributed by atoms with Gasteiger partial charge in [-0.1, -0.05) is 6.07 Å². The molecule has 0 radical (unpaired) electrons. The zero-order chi connectivity index (χ0) is 23.6. The number of amides is 2. The molecule has 0 saturated carbocycles. The topological polar surface area (TPSA) is 101 Å². The molecule has 0 spiro atoms. The Bertz CT molecular complexity index is 1170. The minimum absolute atomic E-state index is 0.0972. The number of morpholine rings is 1. The summed E-state index contributed by atoms with van der Waals surface area (Å²) in [5.41, 5.74) is 4.47. The normalized spacial score (nSPS) is 14.2. The standard InChI is InChI=1S/C20H19F3N6O3S/c1-12-15(10-24-29(12)14-4-2-3-13(9-14)20(21,22)23)17(30)26-27-18(31)16-11-33-19(25-16)28-5-7-32-8-6-28/h2-4,9-11H,5-8H2,1H3,(H,26,30)(H,27,31). The lowest BCUT2D eigenvalue weighted by Gasteiger charge is -2.25. The quantitative estimate of drug-likeness (QED) is 0.557. The lowest BCUT2D eigenvalue weighted by molar-refractivity contribution is -0.137. The van der Waals surface area contributed by atoms with E-state index in [2.05, 4.69) is 20.9 Å². The Balaban J connectivity index is 1.41. The largest absolute Gasteiger partial charge is 0.416 e. The van der Waals surface area contributed by atoms with Crippen LogP contribution in [0.1, 0.15) is 32.1 Å². The number of nitrogens with one attached hydrogen (secondary N) is 2. The zero-order valence-electron chi connectivity index (χ0n) is 17.3. The van der Waals surface area contributed by atoms with Gasteiger partial charge in [0.15, 0.2) is 5.13 Å². The molecule has 4 rings (SSSR count). The SMILES string of the molecule is Cc1c(C(=O)NNC(=O)c2csc(N3CCOCC3)n2)cnn1-c1cccc(C(F)(F)F)c1. The van der Waals surface area contributed by atoms with Crippen LogP contribution in [0, 0.1) is 6.92 Å². The van der Waals surface area contributed by atoms with Crippen molar-refractivity contribution in [2.45, 2.75) is 13.1 Å².